The summed E-state index contributed by atoms with van der Waals surface area (Å²) in [7, 11) is 0. The summed E-state index contributed by atoms with van der Waals surface area (Å²) in [6, 6.07) is 53.6. The van der Waals surface area contributed by atoms with Gasteiger partial charge in [-0.25, -0.2) is 0 Å². The van der Waals surface area contributed by atoms with Crippen molar-refractivity contribution in [3.63, 3.8) is 0 Å². The number of furan rings is 1. The second kappa shape index (κ2) is 9.21. The largest absolute Gasteiger partial charge is 0.457 e. The molecule has 54 heavy (non-hydrogen) atoms. The number of rotatable bonds is 4. The lowest BCUT2D eigenvalue weighted by Crippen LogP contribution is -2.29. The van der Waals surface area contributed by atoms with Crippen molar-refractivity contribution < 1.29 is 9.15 Å². The van der Waals surface area contributed by atoms with Crippen LogP contribution in [0.1, 0.15) is 33.4 Å². The fourth-order valence-corrected chi connectivity index (χ4v) is 11.9. The van der Waals surface area contributed by atoms with E-state index < -0.39 is 0 Å². The summed E-state index contributed by atoms with van der Waals surface area (Å²) in [5.74, 6) is 3.94. The van der Waals surface area contributed by atoms with Crippen molar-refractivity contribution in [2.24, 2.45) is 17.8 Å². The average Bonchev–Trinajstić information content (AvgIpc) is 3.99. The van der Waals surface area contributed by atoms with Gasteiger partial charge >= 0.3 is 0 Å². The minimum absolute atomic E-state index is 0.0232. The summed E-state index contributed by atoms with van der Waals surface area (Å²) >= 11 is 0. The van der Waals surface area contributed by atoms with Gasteiger partial charge in [-0.2, -0.15) is 0 Å². The van der Waals surface area contributed by atoms with Gasteiger partial charge in [-0.1, -0.05) is 115 Å². The molecule has 8 aromatic rings. The maximum Gasteiger partial charge on any atom is 0.135 e. The molecule has 2 fully saturated rings. The smallest absolute Gasteiger partial charge is 0.135 e. The molecule has 3 unspecified atom stereocenters. The fourth-order valence-electron chi connectivity index (χ4n) is 11.9. The van der Waals surface area contributed by atoms with Crippen molar-refractivity contribution in [2.45, 2.75) is 17.8 Å². The minimum Gasteiger partial charge on any atom is -0.457 e. The number of hydrogen-bond acceptors (Lipinski definition) is 2. The molecule has 0 saturated heterocycles. The van der Waals surface area contributed by atoms with Gasteiger partial charge in [0.25, 0.3) is 0 Å². The van der Waals surface area contributed by atoms with Crippen molar-refractivity contribution in [2.75, 3.05) is 0 Å². The molecule has 2 saturated carbocycles. The first-order valence-corrected chi connectivity index (χ1v) is 19.3. The van der Waals surface area contributed by atoms with Gasteiger partial charge in [0.1, 0.15) is 22.7 Å². The van der Waals surface area contributed by atoms with E-state index in [1.165, 1.54) is 66.8 Å². The summed E-state index contributed by atoms with van der Waals surface area (Å²) in [5.41, 5.74) is 20.6. The Balaban J connectivity index is 0.987. The van der Waals surface area contributed by atoms with Gasteiger partial charge in [-0.15, -0.1) is 0 Å². The van der Waals surface area contributed by atoms with Gasteiger partial charge in [0.05, 0.1) is 5.41 Å². The minimum atomic E-state index is -0.329. The van der Waals surface area contributed by atoms with Crippen LogP contribution in [0.3, 0.4) is 0 Å². The van der Waals surface area contributed by atoms with Crippen LogP contribution in [0.15, 0.2) is 168 Å². The number of ether oxygens (including phenoxy) is 1. The predicted octanol–water partition coefficient (Wildman–Crippen LogP) is 12.8. The topological polar surface area (TPSA) is 22.4 Å². The Morgan fingerprint density at radius 2 is 1.28 bits per heavy atom. The van der Waals surface area contributed by atoms with Crippen molar-refractivity contribution in [1.29, 1.82) is 0 Å². The highest BCUT2D eigenvalue weighted by Gasteiger charge is 2.90. The maximum absolute atomic E-state index is 7.01. The molecule has 2 spiro atoms. The van der Waals surface area contributed by atoms with E-state index in [1.54, 1.807) is 5.57 Å². The third kappa shape index (κ3) is 3.05. The first-order chi connectivity index (χ1) is 26.7. The lowest BCUT2D eigenvalue weighted by molar-refractivity contribution is 0.449. The van der Waals surface area contributed by atoms with Crippen LogP contribution in [0.2, 0.25) is 0 Å². The maximum atomic E-state index is 7.01. The lowest BCUT2D eigenvalue weighted by Gasteiger charge is -2.32. The SMILES string of the molecule is Cc1ccccc1Oc1ccc2c3c1C14C5=C(C=CC6C1C64)c1ccccc1C53c1cc(-c3cccc(-c4ccc5oc6ccccc6c5c4)c3)ccc1-2. The second-order valence-corrected chi connectivity index (χ2v) is 16.3. The molecule has 1 aromatic heterocycles. The highest BCUT2D eigenvalue weighted by Crippen LogP contribution is 2.93. The molecule has 2 bridgehead atoms. The van der Waals surface area contributed by atoms with Crippen LogP contribution in [0, 0.1) is 24.7 Å². The van der Waals surface area contributed by atoms with Gasteiger partial charge in [0, 0.05) is 21.8 Å². The molecule has 3 atom stereocenters. The average molecular weight is 689 g/mol. The first-order valence-electron chi connectivity index (χ1n) is 19.3. The summed E-state index contributed by atoms with van der Waals surface area (Å²) in [4.78, 5) is 0. The van der Waals surface area contributed by atoms with E-state index in [-0.39, 0.29) is 10.8 Å². The van der Waals surface area contributed by atoms with Crippen LogP contribution in [0.25, 0.3) is 60.9 Å². The van der Waals surface area contributed by atoms with Gasteiger partial charge in [-0.05, 0) is 139 Å². The Kier molecular flexibility index (Phi) is 4.81. The fraction of sp³-hybridized carbons (Fsp3) is 0.115. The Bertz CT molecular complexity index is 3120. The third-order valence-corrected chi connectivity index (χ3v) is 14.1. The molecular formula is C52H32O2. The van der Waals surface area contributed by atoms with Crippen molar-refractivity contribution >= 4 is 27.5 Å². The Labute approximate surface area is 312 Å². The van der Waals surface area contributed by atoms with E-state index in [9.17, 15) is 0 Å². The number of hydrogen-bond donors (Lipinski definition) is 0. The van der Waals surface area contributed by atoms with Crippen LogP contribution >= 0.6 is 0 Å². The molecule has 7 aliphatic carbocycles. The lowest BCUT2D eigenvalue weighted by atomic mass is 9.69. The summed E-state index contributed by atoms with van der Waals surface area (Å²) in [6.45, 7) is 2.15. The Morgan fingerprint density at radius 1 is 0.537 bits per heavy atom. The zero-order chi connectivity index (χ0) is 35.1. The molecule has 2 nitrogen and oxygen atoms in total. The molecule has 0 amide bonds. The van der Waals surface area contributed by atoms with Gasteiger partial charge in [0.2, 0.25) is 0 Å². The molecule has 1 heterocycles. The Morgan fingerprint density at radius 3 is 2.19 bits per heavy atom. The van der Waals surface area contributed by atoms with E-state index in [4.69, 9.17) is 9.15 Å². The summed E-state index contributed by atoms with van der Waals surface area (Å²) in [5, 5.41) is 2.31. The number of para-hydroxylation sites is 2. The van der Waals surface area contributed by atoms with Crippen LogP contribution in [-0.4, -0.2) is 0 Å². The monoisotopic (exact) mass is 688 g/mol. The second-order valence-electron chi connectivity index (χ2n) is 16.3. The van der Waals surface area contributed by atoms with Gasteiger partial charge < -0.3 is 9.15 Å². The molecule has 7 aliphatic rings. The molecule has 0 aliphatic heterocycles. The first kappa shape index (κ1) is 28.2. The summed E-state index contributed by atoms with van der Waals surface area (Å²) in [6.07, 6.45) is 5.03. The quantitative estimate of drug-likeness (QED) is 0.184. The molecule has 0 N–H and O–H groups in total. The zero-order valence-electron chi connectivity index (χ0n) is 29.6. The molecule has 7 aromatic carbocycles. The van der Waals surface area contributed by atoms with E-state index in [0.717, 1.165) is 39.0 Å². The number of allylic oxidation sites excluding steroid dienone is 4. The summed E-state index contributed by atoms with van der Waals surface area (Å²) < 4.78 is 13.2. The van der Waals surface area contributed by atoms with Gasteiger partial charge in [-0.3, -0.25) is 0 Å². The van der Waals surface area contributed by atoms with Crippen LogP contribution in [0.5, 0.6) is 11.5 Å². The van der Waals surface area contributed by atoms with Crippen LogP contribution in [-0.2, 0) is 10.8 Å². The van der Waals surface area contributed by atoms with E-state index in [1.807, 2.05) is 12.1 Å². The van der Waals surface area contributed by atoms with E-state index in [0.29, 0.717) is 17.8 Å². The molecule has 252 valence electrons. The van der Waals surface area contributed by atoms with E-state index >= 15 is 0 Å². The zero-order valence-corrected chi connectivity index (χ0v) is 29.6. The standard InChI is InChI=1S/C52H32O2/c1-28-9-2-6-15-42(28)53-45-24-22-36-34-19-17-32(30-11-8-10-29(25-30)31-18-23-44-39(26-31)35-13-4-7-16-43(35)54-44)27-41(34)51-40-14-5-3-12-33(40)37-20-21-38-47-48(38)52(47,50(37)51)49(45)46(36)51/h2-27,38,47-48H,1H3. The highest BCUT2D eigenvalue weighted by atomic mass is 16.5. The Hall–Kier alpha value is -6.38. The van der Waals surface area contributed by atoms with Crippen molar-refractivity contribution in [1.82, 2.24) is 0 Å². The third-order valence-electron chi connectivity index (χ3n) is 14.1. The van der Waals surface area contributed by atoms with Crippen LogP contribution in [0.4, 0.5) is 0 Å². The molecular weight excluding hydrogens is 657 g/mol. The van der Waals surface area contributed by atoms with Crippen LogP contribution < -0.4 is 4.74 Å². The van der Waals surface area contributed by atoms with Crippen molar-refractivity contribution in [3.05, 3.63) is 197 Å². The number of aryl methyl sites for hydroxylation is 1. The van der Waals surface area contributed by atoms with Crippen molar-refractivity contribution in [3.8, 4) is 44.9 Å². The molecule has 0 radical (unpaired) electrons. The predicted molar refractivity (Wildman–Crippen MR) is 216 cm³/mol. The molecule has 15 rings (SSSR count). The number of fused-ring (bicyclic) bond motifs is 6. The number of benzene rings is 7. The normalized spacial score (nSPS) is 24.9. The van der Waals surface area contributed by atoms with Gasteiger partial charge in [0.15, 0.2) is 0 Å². The van der Waals surface area contributed by atoms with E-state index in [2.05, 4.69) is 153 Å². The molecule has 2 heteroatoms. The highest BCUT2D eigenvalue weighted by molar-refractivity contribution is 6.07.